The van der Waals surface area contributed by atoms with E-state index in [0.717, 1.165) is 38.5 Å². The fourth-order valence-corrected chi connectivity index (χ4v) is 11.1. The number of carboxylic acid groups (broad SMARTS) is 2. The van der Waals surface area contributed by atoms with Crippen molar-refractivity contribution in [1.29, 1.82) is 0 Å². The summed E-state index contributed by atoms with van der Waals surface area (Å²) < 4.78 is 6.24. The van der Waals surface area contributed by atoms with E-state index in [2.05, 4.69) is 47.6 Å². The Hall–Kier alpha value is 0.640. The van der Waals surface area contributed by atoms with Gasteiger partial charge in [-0.15, -0.1) is 0 Å². The van der Waals surface area contributed by atoms with Crippen LogP contribution in [0.1, 0.15) is 119 Å². The standard InChI is InChI=1S/C33H52O5.2Na.2H/c1-28(2)23-10-14-33(7)24(31(23,5)13-11-25(28)38-19-12-26(34)35)9-8-21-22-20-30(4,27(36)37)16-15-29(22,3)17-18-32(21,33)6;;;;/h8,22-25H,9-20H2,1-7H3,(H,34,35)(H,36,37);;;;/t22-,23-,24+,25-,29+,30-,31-,32+,33+;;;;/m0..../s1. The first-order valence-electron chi connectivity index (χ1n) is 15.3. The van der Waals surface area contributed by atoms with Crippen LogP contribution in [0, 0.1) is 50.2 Å². The molecule has 0 bridgehead atoms. The van der Waals surface area contributed by atoms with E-state index in [1.54, 1.807) is 5.57 Å². The van der Waals surface area contributed by atoms with Crippen molar-refractivity contribution >= 4 is 71.1 Å². The topological polar surface area (TPSA) is 83.8 Å². The molecule has 0 aliphatic heterocycles. The van der Waals surface area contributed by atoms with Crippen LogP contribution in [0.5, 0.6) is 0 Å². The Kier molecular flexibility index (Phi) is 10.1. The van der Waals surface area contributed by atoms with Crippen LogP contribution in [0.3, 0.4) is 0 Å². The molecule has 5 nitrogen and oxygen atoms in total. The van der Waals surface area contributed by atoms with Crippen molar-refractivity contribution in [2.24, 2.45) is 50.2 Å². The van der Waals surface area contributed by atoms with E-state index in [9.17, 15) is 14.7 Å². The number of carboxylic acids is 2. The molecule has 4 saturated carbocycles. The number of allylic oxidation sites excluding steroid dienone is 2. The van der Waals surface area contributed by atoms with E-state index >= 15 is 0 Å². The number of hydrogen-bond acceptors (Lipinski definition) is 3. The predicted molar refractivity (Wildman–Crippen MR) is 163 cm³/mol. The van der Waals surface area contributed by atoms with Crippen molar-refractivity contribution in [1.82, 2.24) is 0 Å². The summed E-state index contributed by atoms with van der Waals surface area (Å²) in [4.78, 5) is 23.4. The van der Waals surface area contributed by atoms with Crippen LogP contribution in [-0.2, 0) is 14.3 Å². The first kappa shape index (κ1) is 35.1. The summed E-state index contributed by atoms with van der Waals surface area (Å²) in [7, 11) is 0. The molecule has 0 aromatic rings. The van der Waals surface area contributed by atoms with Crippen LogP contribution < -0.4 is 0 Å². The zero-order valence-corrected chi connectivity index (χ0v) is 25.0. The molecule has 0 amide bonds. The summed E-state index contributed by atoms with van der Waals surface area (Å²) in [5.41, 5.74) is 1.75. The summed E-state index contributed by atoms with van der Waals surface area (Å²) in [6.07, 6.45) is 13.4. The zero-order chi connectivity index (χ0) is 27.9. The van der Waals surface area contributed by atoms with E-state index in [4.69, 9.17) is 9.84 Å². The molecule has 0 unspecified atom stereocenters. The summed E-state index contributed by atoms with van der Waals surface area (Å²) in [5.74, 6) is 0.105. The number of rotatable bonds is 5. The van der Waals surface area contributed by atoms with E-state index in [-0.39, 0.29) is 98.7 Å². The Morgan fingerprint density at radius 1 is 0.875 bits per heavy atom. The maximum absolute atomic E-state index is 12.3. The Labute approximate surface area is 287 Å². The van der Waals surface area contributed by atoms with Gasteiger partial charge in [-0.1, -0.05) is 53.2 Å². The third-order valence-corrected chi connectivity index (χ3v) is 13.9. The van der Waals surface area contributed by atoms with Crippen molar-refractivity contribution in [2.75, 3.05) is 6.61 Å². The third-order valence-electron chi connectivity index (χ3n) is 13.9. The molecule has 2 N–H and O–H groups in total. The maximum atomic E-state index is 12.3. The summed E-state index contributed by atoms with van der Waals surface area (Å²) >= 11 is 0. The van der Waals surface area contributed by atoms with Crippen molar-refractivity contribution in [3.8, 4) is 0 Å². The molecule has 0 spiro atoms. The van der Waals surface area contributed by atoms with Gasteiger partial charge < -0.3 is 14.9 Å². The zero-order valence-electron chi connectivity index (χ0n) is 25.0. The molecule has 0 aromatic heterocycles. The van der Waals surface area contributed by atoms with Gasteiger partial charge in [-0.2, -0.15) is 0 Å². The van der Waals surface area contributed by atoms with Crippen molar-refractivity contribution in [3.63, 3.8) is 0 Å². The minimum atomic E-state index is -0.792. The van der Waals surface area contributed by atoms with Gasteiger partial charge in [0.1, 0.15) is 0 Å². The second kappa shape index (κ2) is 11.5. The fraction of sp³-hybridized carbons (Fsp3) is 0.879. The average molecular weight is 577 g/mol. The molecule has 0 radical (unpaired) electrons. The Balaban J connectivity index is 0.00000220. The first-order chi connectivity index (χ1) is 17.5. The van der Waals surface area contributed by atoms with Gasteiger partial charge in [0.2, 0.25) is 0 Å². The first-order valence-corrected chi connectivity index (χ1v) is 15.3. The molecular formula is C33H54Na2O5. The van der Waals surface area contributed by atoms with Gasteiger partial charge >= 0.3 is 71.1 Å². The van der Waals surface area contributed by atoms with Crippen molar-refractivity contribution in [2.45, 2.75) is 125 Å². The van der Waals surface area contributed by atoms with E-state index in [1.807, 2.05) is 6.92 Å². The second-order valence-corrected chi connectivity index (χ2v) is 15.9. The second-order valence-electron chi connectivity index (χ2n) is 15.9. The molecular weight excluding hydrogens is 522 g/mol. The van der Waals surface area contributed by atoms with Crippen LogP contribution in [0.4, 0.5) is 0 Å². The number of hydrogen-bond donors (Lipinski definition) is 2. The SMILES string of the molecule is CC1(C)[C@@H](OCCC(=O)O)CC[C@]2(C)[C@H]3CC=C4[C@@H]5C[C@@](C)(C(=O)O)CC[C@]5(C)CC[C@@]4(C)[C@]3(C)CC[C@@H]12.[NaH].[NaH]. The molecule has 5 rings (SSSR count). The van der Waals surface area contributed by atoms with Crippen LogP contribution in [0.15, 0.2) is 11.6 Å². The Bertz CT molecular complexity index is 1040. The summed E-state index contributed by atoms with van der Waals surface area (Å²) in [6.45, 7) is 17.2. The molecule has 0 saturated heterocycles. The van der Waals surface area contributed by atoms with Gasteiger partial charge in [-0.25, -0.2) is 0 Å². The number of fused-ring (bicyclic) bond motifs is 7. The summed E-state index contributed by atoms with van der Waals surface area (Å²) in [5, 5.41) is 19.2. The molecule has 5 aliphatic carbocycles. The number of ether oxygens (including phenoxy) is 1. The third kappa shape index (κ3) is 5.10. The van der Waals surface area contributed by atoms with Crippen molar-refractivity contribution in [3.05, 3.63) is 11.6 Å². The normalized spacial score (nSPS) is 47.0. The molecule has 0 aromatic carbocycles. The average Bonchev–Trinajstić information content (AvgIpc) is 2.82. The molecule has 9 atom stereocenters. The molecule has 218 valence electrons. The molecule has 5 aliphatic rings. The van der Waals surface area contributed by atoms with E-state index in [1.165, 1.54) is 25.7 Å². The van der Waals surface area contributed by atoms with Gasteiger partial charge in [-0.05, 0) is 116 Å². The van der Waals surface area contributed by atoms with Gasteiger partial charge in [-0.3, -0.25) is 9.59 Å². The fourth-order valence-electron chi connectivity index (χ4n) is 11.1. The van der Waals surface area contributed by atoms with Gasteiger partial charge in [0.25, 0.3) is 0 Å². The predicted octanol–water partition coefficient (Wildman–Crippen LogP) is 6.44. The molecule has 0 heterocycles. The monoisotopic (exact) mass is 576 g/mol. The van der Waals surface area contributed by atoms with Crippen LogP contribution in [0.25, 0.3) is 0 Å². The van der Waals surface area contributed by atoms with E-state index in [0.29, 0.717) is 24.4 Å². The minimum absolute atomic E-state index is 0. The van der Waals surface area contributed by atoms with Crippen LogP contribution >= 0.6 is 0 Å². The molecule has 40 heavy (non-hydrogen) atoms. The van der Waals surface area contributed by atoms with Gasteiger partial charge in [0, 0.05) is 0 Å². The quantitative estimate of drug-likeness (QED) is 0.291. The Morgan fingerprint density at radius 3 is 2.15 bits per heavy atom. The van der Waals surface area contributed by atoms with Crippen LogP contribution in [0.2, 0.25) is 0 Å². The molecule has 7 heteroatoms. The summed E-state index contributed by atoms with van der Waals surface area (Å²) in [6, 6.07) is 0. The number of aliphatic carboxylic acids is 2. The molecule has 4 fully saturated rings. The van der Waals surface area contributed by atoms with Crippen LogP contribution in [-0.4, -0.2) is 94.0 Å². The van der Waals surface area contributed by atoms with Crippen molar-refractivity contribution < 1.29 is 24.5 Å². The van der Waals surface area contributed by atoms with Gasteiger partial charge in [0.05, 0.1) is 24.5 Å². The van der Waals surface area contributed by atoms with Gasteiger partial charge in [0.15, 0.2) is 0 Å². The van der Waals surface area contributed by atoms with E-state index < -0.39 is 17.4 Å². The Morgan fingerprint density at radius 2 is 1.52 bits per heavy atom. The number of carbonyl (C=O) groups is 2.